The summed E-state index contributed by atoms with van der Waals surface area (Å²) in [5.41, 5.74) is 0.778. The molecule has 26 heavy (non-hydrogen) atoms. The van der Waals surface area contributed by atoms with E-state index < -0.39 is 11.6 Å². The number of para-hydroxylation sites is 1. The molecule has 1 aliphatic rings. The summed E-state index contributed by atoms with van der Waals surface area (Å²) in [4.78, 5) is 26.4. The standard InChI is InChI=1S/C20H20ClNO4/c1-20(2,26-16-9-7-15(21)8-10-16)19(24)25-13-18(23)22-12-11-14-5-3-4-6-17(14)22/h3-10H,11-13H2,1-2H3. The summed E-state index contributed by atoms with van der Waals surface area (Å²) in [6, 6.07) is 14.4. The lowest BCUT2D eigenvalue weighted by Gasteiger charge is -2.25. The van der Waals surface area contributed by atoms with Crippen LogP contribution >= 0.6 is 11.6 Å². The van der Waals surface area contributed by atoms with Crippen LogP contribution in [0.5, 0.6) is 5.75 Å². The zero-order valence-corrected chi connectivity index (χ0v) is 15.5. The van der Waals surface area contributed by atoms with Gasteiger partial charge in [-0.1, -0.05) is 29.8 Å². The number of hydrogen-bond donors (Lipinski definition) is 0. The molecule has 1 amide bonds. The van der Waals surface area contributed by atoms with E-state index >= 15 is 0 Å². The average molecular weight is 374 g/mol. The fraction of sp³-hybridized carbons (Fsp3) is 0.300. The van der Waals surface area contributed by atoms with E-state index in [2.05, 4.69) is 0 Å². The van der Waals surface area contributed by atoms with Crippen molar-refractivity contribution in [2.24, 2.45) is 0 Å². The Morgan fingerprint density at radius 3 is 2.54 bits per heavy atom. The molecule has 5 nitrogen and oxygen atoms in total. The van der Waals surface area contributed by atoms with Crippen molar-refractivity contribution in [1.29, 1.82) is 0 Å². The van der Waals surface area contributed by atoms with Crippen molar-refractivity contribution in [2.45, 2.75) is 25.9 Å². The second-order valence-corrected chi connectivity index (χ2v) is 7.00. The summed E-state index contributed by atoms with van der Waals surface area (Å²) in [6.07, 6.45) is 0.807. The predicted molar refractivity (Wildman–Crippen MR) is 99.6 cm³/mol. The van der Waals surface area contributed by atoms with Gasteiger partial charge in [0.2, 0.25) is 0 Å². The molecule has 136 valence electrons. The molecule has 3 rings (SSSR count). The number of benzene rings is 2. The Labute approximate surface area is 157 Å². The Bertz CT molecular complexity index is 817. The Balaban J connectivity index is 1.57. The average Bonchev–Trinajstić information content (AvgIpc) is 3.05. The summed E-state index contributed by atoms with van der Waals surface area (Å²) < 4.78 is 10.9. The number of carbonyl (C=O) groups excluding carboxylic acids is 2. The van der Waals surface area contributed by atoms with E-state index in [1.807, 2.05) is 24.3 Å². The van der Waals surface area contributed by atoms with Crippen LogP contribution in [0.4, 0.5) is 5.69 Å². The first-order chi connectivity index (χ1) is 12.4. The van der Waals surface area contributed by atoms with E-state index in [1.54, 1.807) is 43.0 Å². The second kappa shape index (κ2) is 7.38. The van der Waals surface area contributed by atoms with Crippen LogP contribution in [0.2, 0.25) is 5.02 Å². The molecule has 0 aliphatic carbocycles. The molecule has 2 aromatic carbocycles. The summed E-state index contributed by atoms with van der Waals surface area (Å²) in [5, 5.41) is 0.578. The molecule has 0 aromatic heterocycles. The highest BCUT2D eigenvalue weighted by Gasteiger charge is 2.33. The van der Waals surface area contributed by atoms with Gasteiger partial charge in [0.25, 0.3) is 5.91 Å². The van der Waals surface area contributed by atoms with Crippen molar-refractivity contribution in [2.75, 3.05) is 18.1 Å². The molecular formula is C20H20ClNO4. The minimum Gasteiger partial charge on any atom is -0.476 e. The van der Waals surface area contributed by atoms with Gasteiger partial charge >= 0.3 is 5.97 Å². The van der Waals surface area contributed by atoms with Crippen LogP contribution in [0, 0.1) is 0 Å². The first-order valence-corrected chi connectivity index (χ1v) is 8.75. The number of rotatable bonds is 5. The van der Waals surface area contributed by atoms with Gasteiger partial charge in [-0.25, -0.2) is 4.79 Å². The molecule has 2 aromatic rings. The Morgan fingerprint density at radius 1 is 1.12 bits per heavy atom. The molecule has 0 spiro atoms. The number of ether oxygens (including phenoxy) is 2. The first kappa shape index (κ1) is 18.3. The van der Waals surface area contributed by atoms with Gasteiger partial charge in [-0.3, -0.25) is 4.79 Å². The van der Waals surface area contributed by atoms with E-state index in [0.29, 0.717) is 17.3 Å². The molecule has 1 heterocycles. The molecule has 0 saturated heterocycles. The molecule has 0 fully saturated rings. The molecular weight excluding hydrogens is 354 g/mol. The van der Waals surface area contributed by atoms with Crippen LogP contribution in [0.15, 0.2) is 48.5 Å². The minimum absolute atomic E-state index is 0.245. The number of hydrogen-bond acceptors (Lipinski definition) is 4. The summed E-state index contributed by atoms with van der Waals surface area (Å²) in [6.45, 7) is 3.47. The van der Waals surface area contributed by atoms with Gasteiger partial charge < -0.3 is 14.4 Å². The number of esters is 1. The number of fused-ring (bicyclic) bond motifs is 1. The van der Waals surface area contributed by atoms with Crippen molar-refractivity contribution in [1.82, 2.24) is 0 Å². The van der Waals surface area contributed by atoms with Crippen molar-refractivity contribution in [3.63, 3.8) is 0 Å². The Morgan fingerprint density at radius 2 is 1.81 bits per heavy atom. The van der Waals surface area contributed by atoms with Crippen LogP contribution in [-0.4, -0.2) is 30.6 Å². The zero-order chi connectivity index (χ0) is 18.7. The molecule has 0 atom stereocenters. The van der Waals surface area contributed by atoms with Crippen LogP contribution in [0.25, 0.3) is 0 Å². The van der Waals surface area contributed by atoms with Gasteiger partial charge in [-0.15, -0.1) is 0 Å². The third kappa shape index (κ3) is 3.99. The largest absolute Gasteiger partial charge is 0.476 e. The molecule has 6 heteroatoms. The normalized spacial score (nSPS) is 13.3. The van der Waals surface area contributed by atoms with Gasteiger partial charge in [0.1, 0.15) is 5.75 Å². The maximum Gasteiger partial charge on any atom is 0.350 e. The minimum atomic E-state index is -1.23. The Kier molecular flexibility index (Phi) is 5.18. The SMILES string of the molecule is CC(C)(Oc1ccc(Cl)cc1)C(=O)OCC(=O)N1CCc2ccccc21. The van der Waals surface area contributed by atoms with E-state index in [4.69, 9.17) is 21.1 Å². The monoisotopic (exact) mass is 373 g/mol. The summed E-state index contributed by atoms with van der Waals surface area (Å²) in [5.74, 6) is -0.352. The lowest BCUT2D eigenvalue weighted by atomic mass is 10.1. The molecule has 1 aliphatic heterocycles. The number of halogens is 1. The highest BCUT2D eigenvalue weighted by atomic mass is 35.5. The van der Waals surface area contributed by atoms with E-state index in [0.717, 1.165) is 17.7 Å². The maximum absolute atomic E-state index is 12.4. The molecule has 0 unspecified atom stereocenters. The summed E-state index contributed by atoms with van der Waals surface area (Å²) >= 11 is 5.84. The summed E-state index contributed by atoms with van der Waals surface area (Å²) in [7, 11) is 0. The van der Waals surface area contributed by atoms with Crippen molar-refractivity contribution in [3.05, 3.63) is 59.1 Å². The van der Waals surface area contributed by atoms with Crippen LogP contribution in [-0.2, 0) is 20.7 Å². The van der Waals surface area contributed by atoms with Crippen molar-refractivity contribution in [3.8, 4) is 5.75 Å². The third-order valence-electron chi connectivity index (χ3n) is 4.19. The predicted octanol–water partition coefficient (Wildman–Crippen LogP) is 3.63. The number of anilines is 1. The fourth-order valence-corrected chi connectivity index (χ4v) is 2.94. The van der Waals surface area contributed by atoms with Gasteiger partial charge in [-0.2, -0.15) is 0 Å². The van der Waals surface area contributed by atoms with Crippen molar-refractivity contribution >= 4 is 29.2 Å². The van der Waals surface area contributed by atoms with E-state index in [-0.39, 0.29) is 12.5 Å². The smallest absolute Gasteiger partial charge is 0.350 e. The quantitative estimate of drug-likeness (QED) is 0.751. The maximum atomic E-state index is 12.4. The topological polar surface area (TPSA) is 55.8 Å². The lowest BCUT2D eigenvalue weighted by Crippen LogP contribution is -2.42. The third-order valence-corrected chi connectivity index (χ3v) is 4.45. The van der Waals surface area contributed by atoms with E-state index in [9.17, 15) is 9.59 Å². The Hall–Kier alpha value is -2.53. The van der Waals surface area contributed by atoms with Crippen LogP contribution < -0.4 is 9.64 Å². The molecule has 0 N–H and O–H groups in total. The van der Waals surface area contributed by atoms with Crippen LogP contribution in [0.3, 0.4) is 0 Å². The molecule has 0 radical (unpaired) electrons. The molecule has 0 bridgehead atoms. The highest BCUT2D eigenvalue weighted by molar-refractivity contribution is 6.30. The van der Waals surface area contributed by atoms with Gasteiger partial charge in [0.05, 0.1) is 0 Å². The second-order valence-electron chi connectivity index (χ2n) is 6.57. The fourth-order valence-electron chi connectivity index (χ4n) is 2.82. The van der Waals surface area contributed by atoms with Gasteiger partial charge in [0.15, 0.2) is 12.2 Å². The molecule has 0 saturated carbocycles. The van der Waals surface area contributed by atoms with Crippen molar-refractivity contribution < 1.29 is 19.1 Å². The first-order valence-electron chi connectivity index (χ1n) is 8.37. The van der Waals surface area contributed by atoms with Gasteiger partial charge in [-0.05, 0) is 56.2 Å². The number of nitrogens with zero attached hydrogens (tertiary/aromatic N) is 1. The lowest BCUT2D eigenvalue weighted by molar-refractivity contribution is -0.161. The number of carbonyl (C=O) groups is 2. The van der Waals surface area contributed by atoms with Gasteiger partial charge in [0, 0.05) is 17.3 Å². The van der Waals surface area contributed by atoms with Crippen LogP contribution in [0.1, 0.15) is 19.4 Å². The number of amides is 1. The highest BCUT2D eigenvalue weighted by Crippen LogP contribution is 2.27. The zero-order valence-electron chi connectivity index (χ0n) is 14.7. The van der Waals surface area contributed by atoms with E-state index in [1.165, 1.54) is 0 Å².